The number of anilines is 1. The molecule has 3 heterocycles. The molecule has 10 heteroatoms. The van der Waals surface area contributed by atoms with E-state index in [4.69, 9.17) is 9.72 Å². The normalized spacial score (nSPS) is 15.8. The first kappa shape index (κ1) is 22.0. The van der Waals surface area contributed by atoms with Crippen molar-refractivity contribution < 1.29 is 9.53 Å². The Bertz CT molecular complexity index is 1240. The Morgan fingerprint density at radius 1 is 1.24 bits per heavy atom. The predicted molar refractivity (Wildman–Crippen MR) is 130 cm³/mol. The molecule has 2 aromatic carbocycles. The second kappa shape index (κ2) is 9.98. The Kier molecular flexibility index (Phi) is 6.65. The zero-order valence-electron chi connectivity index (χ0n) is 18.3. The molecule has 4 aromatic rings. The van der Waals surface area contributed by atoms with E-state index < -0.39 is 0 Å². The molecule has 0 unspecified atom stereocenters. The van der Waals surface area contributed by atoms with Crippen LogP contribution in [0.2, 0.25) is 0 Å². The second-order valence-corrected chi connectivity index (χ2v) is 9.90. The van der Waals surface area contributed by atoms with Gasteiger partial charge >= 0.3 is 0 Å². The number of aryl methyl sites for hydroxylation is 1. The van der Waals surface area contributed by atoms with Gasteiger partial charge in [-0.1, -0.05) is 65.6 Å². The van der Waals surface area contributed by atoms with Crippen LogP contribution in [-0.2, 0) is 22.6 Å². The van der Waals surface area contributed by atoms with Crippen molar-refractivity contribution >= 4 is 44.4 Å². The molecule has 0 N–H and O–H groups in total. The van der Waals surface area contributed by atoms with Gasteiger partial charge in [0, 0.05) is 6.61 Å². The third kappa shape index (κ3) is 5.07. The first-order valence-corrected chi connectivity index (χ1v) is 12.7. The van der Waals surface area contributed by atoms with E-state index in [1.165, 1.54) is 23.1 Å². The number of aromatic nitrogens is 5. The van der Waals surface area contributed by atoms with Crippen molar-refractivity contribution in [1.82, 2.24) is 25.2 Å². The largest absolute Gasteiger partial charge is 0.376 e. The summed E-state index contributed by atoms with van der Waals surface area (Å²) in [6.07, 6.45) is 2.19. The smallest absolute Gasteiger partial charge is 0.239 e. The van der Waals surface area contributed by atoms with Gasteiger partial charge in [-0.15, -0.1) is 5.10 Å². The predicted octanol–water partition coefficient (Wildman–Crippen LogP) is 4.10. The van der Waals surface area contributed by atoms with E-state index in [9.17, 15) is 4.79 Å². The summed E-state index contributed by atoms with van der Waals surface area (Å²) < 4.78 is 8.51. The maximum atomic E-state index is 13.4. The third-order valence-electron chi connectivity index (χ3n) is 5.55. The number of rotatable bonds is 8. The van der Waals surface area contributed by atoms with Crippen LogP contribution in [0, 0.1) is 6.92 Å². The molecule has 1 amide bonds. The molecular weight excluding hydrogens is 456 g/mol. The third-order valence-corrected chi connectivity index (χ3v) is 7.53. The fourth-order valence-electron chi connectivity index (χ4n) is 3.82. The maximum absolute atomic E-state index is 13.4. The lowest BCUT2D eigenvalue weighted by molar-refractivity contribution is -0.116. The molecule has 170 valence electrons. The highest BCUT2D eigenvalue weighted by atomic mass is 32.2. The summed E-state index contributed by atoms with van der Waals surface area (Å²) in [5.41, 5.74) is 3.09. The van der Waals surface area contributed by atoms with Gasteiger partial charge in [0.2, 0.25) is 11.1 Å². The Hall–Kier alpha value is -2.82. The molecule has 5 rings (SSSR count). The van der Waals surface area contributed by atoms with Crippen LogP contribution in [0.25, 0.3) is 10.2 Å². The minimum atomic E-state index is -0.0350. The lowest BCUT2D eigenvalue weighted by Gasteiger charge is -2.20. The van der Waals surface area contributed by atoms with Crippen molar-refractivity contribution in [3.05, 3.63) is 59.7 Å². The van der Waals surface area contributed by atoms with Gasteiger partial charge in [-0.05, 0) is 47.4 Å². The lowest BCUT2D eigenvalue weighted by Crippen LogP contribution is -2.32. The monoisotopic (exact) mass is 480 g/mol. The van der Waals surface area contributed by atoms with E-state index in [1.54, 1.807) is 9.58 Å². The molecule has 33 heavy (non-hydrogen) atoms. The van der Waals surface area contributed by atoms with Crippen molar-refractivity contribution in [2.75, 3.05) is 17.3 Å². The number of para-hydroxylation sites is 1. The van der Waals surface area contributed by atoms with E-state index in [1.807, 2.05) is 55.5 Å². The molecule has 1 saturated heterocycles. The van der Waals surface area contributed by atoms with Crippen LogP contribution in [0.15, 0.2) is 53.7 Å². The van der Waals surface area contributed by atoms with Crippen LogP contribution >= 0.6 is 23.1 Å². The first-order chi connectivity index (χ1) is 16.2. The van der Waals surface area contributed by atoms with Gasteiger partial charge < -0.3 is 4.74 Å². The minimum absolute atomic E-state index is 0.0350. The molecule has 1 atom stereocenters. The highest BCUT2D eigenvalue weighted by Crippen LogP contribution is 2.32. The van der Waals surface area contributed by atoms with E-state index >= 15 is 0 Å². The number of hydrogen-bond acceptors (Lipinski definition) is 8. The van der Waals surface area contributed by atoms with Crippen molar-refractivity contribution in [3.8, 4) is 0 Å². The molecule has 0 bridgehead atoms. The summed E-state index contributed by atoms with van der Waals surface area (Å²) in [5.74, 6) is 0.181. The Morgan fingerprint density at radius 2 is 2.12 bits per heavy atom. The number of carbonyl (C=O) groups is 1. The number of fused-ring (bicyclic) bond motifs is 1. The maximum Gasteiger partial charge on any atom is 0.239 e. The molecule has 1 aliphatic rings. The van der Waals surface area contributed by atoms with Gasteiger partial charge in [0.1, 0.15) is 0 Å². The summed E-state index contributed by atoms with van der Waals surface area (Å²) in [7, 11) is 0. The topological polar surface area (TPSA) is 86.0 Å². The molecule has 1 fully saturated rings. The molecule has 0 saturated carbocycles. The fraction of sp³-hybridized carbons (Fsp3) is 0.348. The number of tetrazole rings is 1. The summed E-state index contributed by atoms with van der Waals surface area (Å²) in [4.78, 5) is 20.0. The lowest BCUT2D eigenvalue weighted by atomic mass is 10.2. The van der Waals surface area contributed by atoms with Gasteiger partial charge in [0.05, 0.1) is 35.2 Å². The molecule has 1 aliphatic heterocycles. The standard InChI is InChI=1S/C23H24N6O2S2/c1-16-7-5-11-19-21(16)24-22(33-19)28(13-17-8-3-2-4-9-17)20(30)15-32-23-25-26-27-29(23)14-18-10-6-12-31-18/h2-5,7-9,11,18H,6,10,12-15H2,1H3/t18-/m0/s1. The Labute approximate surface area is 200 Å². The zero-order chi connectivity index (χ0) is 22.6. The van der Waals surface area contributed by atoms with Crippen LogP contribution < -0.4 is 4.90 Å². The minimum Gasteiger partial charge on any atom is -0.376 e. The van der Waals surface area contributed by atoms with Crippen molar-refractivity contribution in [1.29, 1.82) is 0 Å². The Morgan fingerprint density at radius 3 is 2.91 bits per heavy atom. The van der Waals surface area contributed by atoms with E-state index in [0.29, 0.717) is 23.4 Å². The molecular formula is C23H24N6O2S2. The summed E-state index contributed by atoms with van der Waals surface area (Å²) >= 11 is 2.88. The molecule has 0 spiro atoms. The second-order valence-electron chi connectivity index (χ2n) is 7.95. The number of ether oxygens (including phenoxy) is 1. The van der Waals surface area contributed by atoms with Crippen LogP contribution in [0.4, 0.5) is 5.13 Å². The molecule has 2 aromatic heterocycles. The van der Waals surface area contributed by atoms with E-state index in [2.05, 4.69) is 15.5 Å². The fourth-order valence-corrected chi connectivity index (χ4v) is 5.64. The quantitative estimate of drug-likeness (QED) is 0.351. The number of amides is 1. The van der Waals surface area contributed by atoms with Gasteiger partial charge in [0.25, 0.3) is 0 Å². The summed E-state index contributed by atoms with van der Waals surface area (Å²) in [6, 6.07) is 16.1. The molecule has 0 radical (unpaired) electrons. The van der Waals surface area contributed by atoms with E-state index in [-0.39, 0.29) is 17.8 Å². The highest BCUT2D eigenvalue weighted by molar-refractivity contribution is 7.99. The summed E-state index contributed by atoms with van der Waals surface area (Å²) in [6.45, 7) is 3.89. The van der Waals surface area contributed by atoms with Crippen molar-refractivity contribution in [2.24, 2.45) is 0 Å². The number of carbonyl (C=O) groups excluding carboxylic acids is 1. The van der Waals surface area contributed by atoms with Crippen molar-refractivity contribution in [3.63, 3.8) is 0 Å². The van der Waals surface area contributed by atoms with Crippen molar-refractivity contribution in [2.45, 2.75) is 44.1 Å². The number of nitrogens with zero attached hydrogens (tertiary/aromatic N) is 6. The van der Waals surface area contributed by atoms with Gasteiger partial charge in [-0.25, -0.2) is 9.67 Å². The summed E-state index contributed by atoms with van der Waals surface area (Å²) in [5, 5.41) is 13.3. The Balaban J connectivity index is 1.35. The average Bonchev–Trinajstić information content (AvgIpc) is 3.59. The van der Waals surface area contributed by atoms with Gasteiger partial charge in [-0.2, -0.15) is 0 Å². The molecule has 8 nitrogen and oxygen atoms in total. The van der Waals surface area contributed by atoms with Gasteiger partial charge in [-0.3, -0.25) is 9.69 Å². The number of thioether (sulfide) groups is 1. The van der Waals surface area contributed by atoms with Crippen LogP contribution in [0.3, 0.4) is 0 Å². The van der Waals surface area contributed by atoms with Crippen LogP contribution in [0.1, 0.15) is 24.0 Å². The van der Waals surface area contributed by atoms with Gasteiger partial charge in [0.15, 0.2) is 5.13 Å². The average molecular weight is 481 g/mol. The molecule has 0 aliphatic carbocycles. The van der Waals surface area contributed by atoms with Crippen LogP contribution in [0.5, 0.6) is 0 Å². The highest BCUT2D eigenvalue weighted by Gasteiger charge is 2.23. The van der Waals surface area contributed by atoms with Crippen LogP contribution in [-0.4, -0.2) is 49.6 Å². The van der Waals surface area contributed by atoms with E-state index in [0.717, 1.165) is 40.8 Å². The number of benzene rings is 2. The zero-order valence-corrected chi connectivity index (χ0v) is 19.9. The number of thiazole rings is 1. The number of hydrogen-bond donors (Lipinski definition) is 0. The first-order valence-electron chi connectivity index (χ1n) is 10.9. The SMILES string of the molecule is Cc1cccc2sc(N(Cc3ccccc3)C(=O)CSc3nnnn3C[C@@H]3CCCO3)nc12.